The van der Waals surface area contributed by atoms with Gasteiger partial charge in [-0.05, 0) is 60.9 Å². The van der Waals surface area contributed by atoms with Gasteiger partial charge in [0.25, 0.3) is 11.8 Å². The highest BCUT2D eigenvalue weighted by atomic mass is 19.3. The Kier molecular flexibility index (Phi) is 6.97. The van der Waals surface area contributed by atoms with Crippen LogP contribution in [0.4, 0.5) is 27.6 Å². The highest BCUT2D eigenvalue weighted by Gasteiger charge is 2.47. The molecule has 0 saturated carbocycles. The van der Waals surface area contributed by atoms with Crippen LogP contribution in [0, 0.1) is 6.92 Å². The van der Waals surface area contributed by atoms with Gasteiger partial charge in [-0.15, -0.1) is 0 Å². The number of nitrogens with zero attached hydrogens (tertiary/aromatic N) is 1. The third kappa shape index (κ3) is 5.60. The highest BCUT2D eigenvalue weighted by molar-refractivity contribution is 5.58. The molecule has 2 atom stereocenters. The molecule has 1 aromatic heterocycles. The van der Waals surface area contributed by atoms with E-state index in [9.17, 15) is 13.2 Å². The van der Waals surface area contributed by atoms with Crippen LogP contribution in [-0.4, -0.2) is 10.7 Å². The van der Waals surface area contributed by atoms with E-state index >= 15 is 8.78 Å². The zero-order valence-electron chi connectivity index (χ0n) is 22.6. The van der Waals surface area contributed by atoms with E-state index in [1.165, 1.54) is 31.2 Å². The molecule has 0 amide bonds. The van der Waals surface area contributed by atoms with Crippen molar-refractivity contribution in [2.45, 2.75) is 63.1 Å². The fourth-order valence-electron chi connectivity index (χ4n) is 5.67. The van der Waals surface area contributed by atoms with Crippen LogP contribution in [0.25, 0.3) is 0 Å². The molecule has 1 aliphatic rings. The maximum absolute atomic E-state index is 15.2. The smallest absolute Gasteiger partial charge is 0.276 e. The van der Waals surface area contributed by atoms with Gasteiger partial charge >= 0.3 is 0 Å². The number of halogens is 5. The summed E-state index contributed by atoms with van der Waals surface area (Å²) in [6.07, 6.45) is -0.724. The number of benzene rings is 3. The van der Waals surface area contributed by atoms with Gasteiger partial charge in [0.05, 0.1) is 5.69 Å². The minimum Gasteiger partial charge on any atom is -0.370 e. The Labute approximate surface area is 231 Å². The number of anilines is 1. The molecule has 0 aliphatic heterocycles. The second-order valence-corrected chi connectivity index (χ2v) is 11.2. The lowest BCUT2D eigenvalue weighted by Crippen LogP contribution is -2.41. The van der Waals surface area contributed by atoms with E-state index in [0.29, 0.717) is 29.1 Å². The predicted molar refractivity (Wildman–Crippen MR) is 148 cm³/mol. The Balaban J connectivity index is 1.73. The summed E-state index contributed by atoms with van der Waals surface area (Å²) in [7, 11) is 0. The van der Waals surface area contributed by atoms with Gasteiger partial charge in [0, 0.05) is 48.7 Å². The lowest BCUT2D eigenvalue weighted by atomic mass is 9.78. The molecule has 7 heteroatoms. The van der Waals surface area contributed by atoms with Crippen molar-refractivity contribution in [3.8, 4) is 0 Å². The molecule has 3 aromatic carbocycles. The standard InChI is InChI=1S/C33H31F5N2/c1-22-9-7-14-29(39-22)32(19-23-10-5-4-6-11-23,26-13-8-12-25(17-26)31(3,35)36)40-27-16-15-24-20-30(2,34)21-33(37,38)28(24)18-27/h4-18,40H,19-21H2,1-3H3. The summed E-state index contributed by atoms with van der Waals surface area (Å²) in [6.45, 7) is 3.87. The minimum atomic E-state index is -3.36. The van der Waals surface area contributed by atoms with E-state index in [1.54, 1.807) is 24.3 Å². The molecule has 1 N–H and O–H groups in total. The van der Waals surface area contributed by atoms with Crippen LogP contribution in [0.3, 0.4) is 0 Å². The highest BCUT2D eigenvalue weighted by Crippen LogP contribution is 2.47. The van der Waals surface area contributed by atoms with Crippen LogP contribution in [0.2, 0.25) is 0 Å². The first kappa shape index (κ1) is 27.8. The SMILES string of the molecule is Cc1cccc(C(Cc2ccccc2)(Nc2ccc3c(c2)C(F)(F)CC(C)(F)C3)c2cccc(C(C)(F)F)c2)n1. The van der Waals surface area contributed by atoms with Crippen LogP contribution in [-0.2, 0) is 30.2 Å². The van der Waals surface area contributed by atoms with Crippen LogP contribution in [0.15, 0.2) is 91.0 Å². The zero-order valence-corrected chi connectivity index (χ0v) is 22.6. The summed E-state index contributed by atoms with van der Waals surface area (Å²) in [5, 5.41) is 3.45. The van der Waals surface area contributed by atoms with Crippen molar-refractivity contribution in [1.82, 2.24) is 4.98 Å². The average molecular weight is 551 g/mol. The molecule has 208 valence electrons. The molecule has 0 saturated heterocycles. The summed E-state index contributed by atoms with van der Waals surface area (Å²) in [4.78, 5) is 4.79. The summed E-state index contributed by atoms with van der Waals surface area (Å²) in [5.74, 6) is -6.45. The lowest BCUT2D eigenvalue weighted by Gasteiger charge is -2.38. The van der Waals surface area contributed by atoms with Crippen LogP contribution in [0.5, 0.6) is 0 Å². The van der Waals surface area contributed by atoms with Gasteiger partial charge in [-0.3, -0.25) is 4.98 Å². The van der Waals surface area contributed by atoms with Gasteiger partial charge in [-0.25, -0.2) is 22.0 Å². The maximum Gasteiger partial charge on any atom is 0.276 e. The fraction of sp³-hybridized carbons (Fsp3) is 0.303. The van der Waals surface area contributed by atoms with Crippen LogP contribution in [0.1, 0.15) is 59.5 Å². The first-order valence-corrected chi connectivity index (χ1v) is 13.2. The Hall–Kier alpha value is -3.74. The molecule has 0 bridgehead atoms. The van der Waals surface area contributed by atoms with E-state index in [4.69, 9.17) is 4.98 Å². The Morgan fingerprint density at radius 1 is 0.850 bits per heavy atom. The van der Waals surface area contributed by atoms with Crippen molar-refractivity contribution in [3.63, 3.8) is 0 Å². The number of aromatic nitrogens is 1. The lowest BCUT2D eigenvalue weighted by molar-refractivity contribution is -0.0690. The number of pyridine rings is 1. The molecular weight excluding hydrogens is 519 g/mol. The van der Waals surface area contributed by atoms with E-state index in [1.807, 2.05) is 49.4 Å². The van der Waals surface area contributed by atoms with E-state index in [0.717, 1.165) is 12.5 Å². The Morgan fingerprint density at radius 2 is 1.55 bits per heavy atom. The predicted octanol–water partition coefficient (Wildman–Crippen LogP) is 8.87. The molecule has 4 aromatic rings. The molecular formula is C33H31F5N2. The van der Waals surface area contributed by atoms with Crippen molar-refractivity contribution < 1.29 is 22.0 Å². The molecule has 2 nitrogen and oxygen atoms in total. The first-order chi connectivity index (χ1) is 18.8. The van der Waals surface area contributed by atoms with Crippen molar-refractivity contribution >= 4 is 5.69 Å². The van der Waals surface area contributed by atoms with Gasteiger partial charge in [-0.2, -0.15) is 0 Å². The van der Waals surface area contributed by atoms with Gasteiger partial charge in [0.2, 0.25) is 0 Å². The summed E-state index contributed by atoms with van der Waals surface area (Å²) in [5.41, 5.74) is -0.348. The number of fused-ring (bicyclic) bond motifs is 1. The summed E-state index contributed by atoms with van der Waals surface area (Å²) >= 11 is 0. The monoisotopic (exact) mass is 550 g/mol. The summed E-state index contributed by atoms with van der Waals surface area (Å²) < 4.78 is 74.1. The second-order valence-electron chi connectivity index (χ2n) is 11.2. The van der Waals surface area contributed by atoms with Crippen LogP contribution >= 0.6 is 0 Å². The summed E-state index contributed by atoms with van der Waals surface area (Å²) in [6, 6.07) is 25.6. The third-order valence-electron chi connectivity index (χ3n) is 7.51. The number of alkyl halides is 5. The minimum absolute atomic E-state index is 0.111. The number of aryl methyl sites for hydroxylation is 1. The molecule has 40 heavy (non-hydrogen) atoms. The number of hydrogen-bond donors (Lipinski definition) is 1. The molecule has 0 fully saturated rings. The molecule has 0 spiro atoms. The van der Waals surface area contributed by atoms with Gasteiger partial charge in [0.1, 0.15) is 11.2 Å². The molecule has 2 unspecified atom stereocenters. The number of nitrogens with one attached hydrogen (secondary N) is 1. The second kappa shape index (κ2) is 10.0. The van der Waals surface area contributed by atoms with Gasteiger partial charge in [-0.1, -0.05) is 60.7 Å². The van der Waals surface area contributed by atoms with Crippen molar-refractivity contribution in [2.24, 2.45) is 0 Å². The quantitative estimate of drug-likeness (QED) is 0.233. The van der Waals surface area contributed by atoms with Gasteiger partial charge < -0.3 is 5.32 Å². The Bertz CT molecular complexity index is 1510. The van der Waals surface area contributed by atoms with Crippen molar-refractivity contribution in [2.75, 3.05) is 5.32 Å². The molecule has 5 rings (SSSR count). The van der Waals surface area contributed by atoms with Gasteiger partial charge in [0.15, 0.2) is 0 Å². The normalized spacial score (nSPS) is 19.9. The van der Waals surface area contributed by atoms with E-state index < -0.39 is 29.5 Å². The molecule has 0 radical (unpaired) electrons. The van der Waals surface area contributed by atoms with Crippen molar-refractivity contribution in [3.05, 3.63) is 130 Å². The maximum atomic E-state index is 15.2. The molecule has 1 heterocycles. The molecule has 1 aliphatic carbocycles. The van der Waals surface area contributed by atoms with Crippen molar-refractivity contribution in [1.29, 1.82) is 0 Å². The fourth-order valence-corrected chi connectivity index (χ4v) is 5.67. The largest absolute Gasteiger partial charge is 0.370 e. The topological polar surface area (TPSA) is 24.9 Å². The van der Waals surface area contributed by atoms with E-state index in [2.05, 4.69) is 5.32 Å². The van der Waals surface area contributed by atoms with E-state index in [-0.39, 0.29) is 23.1 Å². The van der Waals surface area contributed by atoms with Crippen LogP contribution < -0.4 is 5.32 Å². The zero-order chi connectivity index (χ0) is 28.8. The number of hydrogen-bond acceptors (Lipinski definition) is 2. The Morgan fingerprint density at radius 3 is 2.25 bits per heavy atom. The average Bonchev–Trinajstić information content (AvgIpc) is 2.88. The first-order valence-electron chi connectivity index (χ1n) is 13.2. The number of rotatable bonds is 7. The third-order valence-corrected chi connectivity index (χ3v) is 7.51.